The van der Waals surface area contributed by atoms with Crippen LogP contribution in [-0.2, 0) is 9.53 Å². The van der Waals surface area contributed by atoms with Gasteiger partial charge in [0.25, 0.3) is 0 Å². The van der Waals surface area contributed by atoms with Crippen molar-refractivity contribution >= 4 is 5.97 Å². The quantitative estimate of drug-likeness (QED) is 0.359. The largest absolute Gasteiger partial charge is 0.465 e. The van der Waals surface area contributed by atoms with Crippen LogP contribution >= 0.6 is 0 Å². The van der Waals surface area contributed by atoms with Crippen LogP contribution in [0.1, 0.15) is 6.42 Å². The highest BCUT2D eigenvalue weighted by molar-refractivity contribution is 5.91. The summed E-state index contributed by atoms with van der Waals surface area (Å²) in [5.41, 5.74) is 0.376. The molecule has 0 aromatic heterocycles. The molecule has 5 heteroatoms. The normalized spacial score (nSPS) is 20.7. The van der Waals surface area contributed by atoms with E-state index >= 15 is 0 Å². The Morgan fingerprint density at radius 2 is 2.46 bits per heavy atom. The number of nitro groups is 1. The zero-order valence-corrected chi connectivity index (χ0v) is 7.10. The number of rotatable bonds is 2. The van der Waals surface area contributed by atoms with E-state index in [1.807, 2.05) is 0 Å². The number of methoxy groups -OCH3 is 1. The molecule has 1 unspecified atom stereocenters. The third-order valence-electron chi connectivity index (χ3n) is 1.77. The van der Waals surface area contributed by atoms with Gasteiger partial charge in [-0.15, -0.1) is 0 Å². The van der Waals surface area contributed by atoms with E-state index in [9.17, 15) is 14.9 Å². The molecule has 0 radical (unpaired) electrons. The van der Waals surface area contributed by atoms with Gasteiger partial charge >= 0.3 is 5.97 Å². The zero-order valence-electron chi connectivity index (χ0n) is 7.10. The lowest BCUT2D eigenvalue weighted by Crippen LogP contribution is -2.19. The van der Waals surface area contributed by atoms with Crippen LogP contribution in [0.15, 0.2) is 23.8 Å². The molecule has 0 spiro atoms. The van der Waals surface area contributed by atoms with Gasteiger partial charge in [0.1, 0.15) is 0 Å². The molecule has 0 heterocycles. The van der Waals surface area contributed by atoms with E-state index in [1.54, 1.807) is 0 Å². The van der Waals surface area contributed by atoms with Crippen molar-refractivity contribution in [2.24, 2.45) is 0 Å². The van der Waals surface area contributed by atoms with Crippen molar-refractivity contribution in [3.05, 3.63) is 33.9 Å². The zero-order chi connectivity index (χ0) is 9.84. The van der Waals surface area contributed by atoms with Gasteiger partial charge in [-0.3, -0.25) is 10.1 Å². The fourth-order valence-electron chi connectivity index (χ4n) is 1.03. The maximum atomic E-state index is 10.9. The molecule has 0 saturated carbocycles. The fraction of sp³-hybridized carbons (Fsp3) is 0.375. The Morgan fingerprint density at radius 1 is 1.77 bits per heavy atom. The summed E-state index contributed by atoms with van der Waals surface area (Å²) in [7, 11) is 1.27. The van der Waals surface area contributed by atoms with Gasteiger partial charge in [0.15, 0.2) is 0 Å². The van der Waals surface area contributed by atoms with Crippen LogP contribution in [0, 0.1) is 10.1 Å². The van der Waals surface area contributed by atoms with Crippen molar-refractivity contribution < 1.29 is 14.5 Å². The van der Waals surface area contributed by atoms with Gasteiger partial charge in [0.05, 0.1) is 12.7 Å². The maximum absolute atomic E-state index is 10.9. The lowest BCUT2D eigenvalue weighted by Gasteiger charge is -2.08. The van der Waals surface area contributed by atoms with Crippen LogP contribution in [0.4, 0.5) is 0 Å². The van der Waals surface area contributed by atoms with Crippen molar-refractivity contribution in [1.82, 2.24) is 0 Å². The predicted octanol–water partition coefficient (Wildman–Crippen LogP) is 0.691. The predicted molar refractivity (Wildman–Crippen MR) is 44.6 cm³/mol. The first-order valence-corrected chi connectivity index (χ1v) is 3.75. The molecule has 0 aromatic carbocycles. The summed E-state index contributed by atoms with van der Waals surface area (Å²) in [5, 5.41) is 10.3. The van der Waals surface area contributed by atoms with Crippen LogP contribution < -0.4 is 0 Å². The van der Waals surface area contributed by atoms with Gasteiger partial charge in [0, 0.05) is 11.3 Å². The van der Waals surface area contributed by atoms with E-state index in [2.05, 4.69) is 4.74 Å². The Morgan fingerprint density at radius 3 is 2.85 bits per heavy atom. The monoisotopic (exact) mass is 183 g/mol. The van der Waals surface area contributed by atoms with Crippen LogP contribution in [0.5, 0.6) is 0 Å². The summed E-state index contributed by atoms with van der Waals surface area (Å²) in [6, 6.07) is -0.714. The molecular formula is C8H9NO4. The SMILES string of the molecule is COC(=O)C1=CCC([N+](=O)[O-])C=C1. The summed E-state index contributed by atoms with van der Waals surface area (Å²) in [4.78, 5) is 20.9. The number of ether oxygens (including phenoxy) is 1. The molecule has 0 N–H and O–H groups in total. The van der Waals surface area contributed by atoms with E-state index in [1.165, 1.54) is 25.3 Å². The first-order chi connectivity index (χ1) is 6.15. The number of nitrogens with zero attached hydrogens (tertiary/aromatic N) is 1. The lowest BCUT2D eigenvalue weighted by atomic mass is 10.0. The number of esters is 1. The molecule has 0 amide bonds. The van der Waals surface area contributed by atoms with E-state index in [0.29, 0.717) is 5.57 Å². The Kier molecular flexibility index (Phi) is 2.79. The van der Waals surface area contributed by atoms with E-state index in [4.69, 9.17) is 0 Å². The minimum absolute atomic E-state index is 0.244. The molecule has 1 rings (SSSR count). The molecule has 70 valence electrons. The number of hydrogen-bond donors (Lipinski definition) is 0. The van der Waals surface area contributed by atoms with E-state index in [-0.39, 0.29) is 11.3 Å². The van der Waals surface area contributed by atoms with Gasteiger partial charge in [0.2, 0.25) is 6.04 Å². The molecule has 0 saturated heterocycles. The average molecular weight is 183 g/mol. The summed E-state index contributed by atoms with van der Waals surface area (Å²) in [5.74, 6) is -0.460. The molecule has 0 aliphatic heterocycles. The Hall–Kier alpha value is -1.65. The molecule has 1 aliphatic rings. The summed E-state index contributed by atoms with van der Waals surface area (Å²) >= 11 is 0. The van der Waals surface area contributed by atoms with Crippen LogP contribution in [-0.4, -0.2) is 24.0 Å². The van der Waals surface area contributed by atoms with Gasteiger partial charge in [-0.1, -0.05) is 6.08 Å². The van der Waals surface area contributed by atoms with Crippen molar-refractivity contribution in [2.45, 2.75) is 12.5 Å². The van der Waals surface area contributed by atoms with Gasteiger partial charge < -0.3 is 4.74 Å². The number of carbonyl (C=O) groups is 1. The van der Waals surface area contributed by atoms with Crippen molar-refractivity contribution in [3.8, 4) is 0 Å². The van der Waals surface area contributed by atoms with E-state index in [0.717, 1.165) is 0 Å². The highest BCUT2D eigenvalue weighted by Gasteiger charge is 2.20. The minimum atomic E-state index is -0.714. The average Bonchev–Trinajstić information content (AvgIpc) is 2.17. The molecule has 0 bridgehead atoms. The lowest BCUT2D eigenvalue weighted by molar-refractivity contribution is -0.508. The van der Waals surface area contributed by atoms with Crippen molar-refractivity contribution in [2.75, 3.05) is 7.11 Å². The second kappa shape index (κ2) is 3.84. The third-order valence-corrected chi connectivity index (χ3v) is 1.77. The summed E-state index contributed by atoms with van der Waals surface area (Å²) in [6.45, 7) is 0. The Labute approximate surface area is 74.8 Å². The minimum Gasteiger partial charge on any atom is -0.465 e. The molecule has 0 aromatic rings. The molecule has 0 fully saturated rings. The maximum Gasteiger partial charge on any atom is 0.337 e. The van der Waals surface area contributed by atoms with Gasteiger partial charge in [-0.25, -0.2) is 4.79 Å². The Balaban J connectivity index is 2.65. The van der Waals surface area contributed by atoms with Crippen LogP contribution in [0.25, 0.3) is 0 Å². The van der Waals surface area contributed by atoms with Crippen molar-refractivity contribution in [3.63, 3.8) is 0 Å². The standard InChI is InChI=1S/C8H9NO4/c1-13-8(10)6-2-4-7(5-3-6)9(11)12/h2-4,7H,5H2,1H3. The second-order valence-corrected chi connectivity index (χ2v) is 2.60. The van der Waals surface area contributed by atoms with Gasteiger partial charge in [-0.2, -0.15) is 0 Å². The summed E-state index contributed by atoms with van der Waals surface area (Å²) in [6.07, 6.45) is 4.57. The molecule has 13 heavy (non-hydrogen) atoms. The number of hydrogen-bond acceptors (Lipinski definition) is 4. The first-order valence-electron chi connectivity index (χ1n) is 3.75. The van der Waals surface area contributed by atoms with Crippen LogP contribution in [0.2, 0.25) is 0 Å². The highest BCUT2D eigenvalue weighted by Crippen LogP contribution is 2.13. The molecule has 1 atom stereocenters. The molecule has 1 aliphatic carbocycles. The molecule has 5 nitrogen and oxygen atoms in total. The highest BCUT2D eigenvalue weighted by atomic mass is 16.6. The second-order valence-electron chi connectivity index (χ2n) is 2.60. The topological polar surface area (TPSA) is 69.4 Å². The smallest absolute Gasteiger partial charge is 0.337 e. The van der Waals surface area contributed by atoms with E-state index < -0.39 is 12.0 Å². The first kappa shape index (κ1) is 9.44. The summed E-state index contributed by atoms with van der Waals surface area (Å²) < 4.78 is 4.46. The van der Waals surface area contributed by atoms with Gasteiger partial charge in [-0.05, 0) is 12.2 Å². The fourth-order valence-corrected chi connectivity index (χ4v) is 1.03. The van der Waals surface area contributed by atoms with Crippen LogP contribution in [0.3, 0.4) is 0 Å². The van der Waals surface area contributed by atoms with Crippen molar-refractivity contribution in [1.29, 1.82) is 0 Å². The third kappa shape index (κ3) is 2.14. The Bertz CT molecular complexity index is 293. The number of carbonyl (C=O) groups excluding carboxylic acids is 1. The molecular weight excluding hydrogens is 174 g/mol.